The number of hydrogen-bond acceptors (Lipinski definition) is 4. The number of H-pyrrole nitrogens is 1. The van der Waals surface area contributed by atoms with E-state index in [1.54, 1.807) is 22.8 Å². The molecular formula is C19H15FN4O2. The first-order chi connectivity index (χ1) is 12.7. The van der Waals surface area contributed by atoms with E-state index in [-0.39, 0.29) is 22.6 Å². The van der Waals surface area contributed by atoms with Crippen LogP contribution in [0, 0.1) is 5.82 Å². The van der Waals surface area contributed by atoms with E-state index in [1.165, 1.54) is 12.4 Å². The average Bonchev–Trinajstić information content (AvgIpc) is 3.06. The molecule has 2 heterocycles. The minimum atomic E-state index is -0.453. The zero-order valence-corrected chi connectivity index (χ0v) is 13.7. The second-order valence-electron chi connectivity index (χ2n) is 5.67. The maximum absolute atomic E-state index is 13.9. The van der Waals surface area contributed by atoms with Crippen molar-refractivity contribution in [3.8, 4) is 17.1 Å². The lowest BCUT2D eigenvalue weighted by Crippen LogP contribution is -2.16. The molecule has 0 amide bonds. The molecule has 1 N–H and O–H groups in total. The SMILES string of the molecule is O=c1[nH]c(-c2ccccc2F)nc2ncn(CCOc3ccccc3)c12. The molecule has 0 aliphatic heterocycles. The highest BCUT2D eigenvalue weighted by Crippen LogP contribution is 2.19. The Balaban J connectivity index is 1.60. The highest BCUT2D eigenvalue weighted by molar-refractivity contribution is 5.72. The summed E-state index contributed by atoms with van der Waals surface area (Å²) in [6.07, 6.45) is 1.53. The van der Waals surface area contributed by atoms with Crippen LogP contribution in [-0.4, -0.2) is 26.1 Å². The number of aromatic nitrogens is 4. The highest BCUT2D eigenvalue weighted by Gasteiger charge is 2.13. The number of nitrogens with zero attached hydrogens (tertiary/aromatic N) is 3. The molecule has 4 rings (SSSR count). The molecule has 130 valence electrons. The van der Waals surface area contributed by atoms with Crippen LogP contribution in [0.25, 0.3) is 22.6 Å². The van der Waals surface area contributed by atoms with Gasteiger partial charge in [-0.05, 0) is 24.3 Å². The molecule has 0 fully saturated rings. The Morgan fingerprint density at radius 2 is 1.85 bits per heavy atom. The monoisotopic (exact) mass is 350 g/mol. The van der Waals surface area contributed by atoms with Crippen LogP contribution in [0.1, 0.15) is 0 Å². The van der Waals surface area contributed by atoms with Crippen LogP contribution in [0.3, 0.4) is 0 Å². The molecule has 0 unspecified atom stereocenters. The van der Waals surface area contributed by atoms with E-state index >= 15 is 0 Å². The Labute approximate surface area is 147 Å². The fourth-order valence-electron chi connectivity index (χ4n) is 2.72. The first-order valence-corrected chi connectivity index (χ1v) is 8.10. The van der Waals surface area contributed by atoms with Gasteiger partial charge in [0.2, 0.25) is 0 Å². The lowest BCUT2D eigenvalue weighted by Gasteiger charge is -2.07. The van der Waals surface area contributed by atoms with Gasteiger partial charge in [0.15, 0.2) is 11.2 Å². The maximum Gasteiger partial charge on any atom is 0.277 e. The number of nitrogens with one attached hydrogen (secondary N) is 1. The Kier molecular flexibility index (Phi) is 4.18. The number of benzene rings is 2. The van der Waals surface area contributed by atoms with Gasteiger partial charge in [0, 0.05) is 0 Å². The molecule has 0 spiro atoms. The molecule has 0 bridgehead atoms. The number of ether oxygens (including phenoxy) is 1. The third kappa shape index (κ3) is 3.06. The molecule has 0 radical (unpaired) electrons. The summed E-state index contributed by atoms with van der Waals surface area (Å²) in [5.41, 5.74) is 0.465. The smallest absolute Gasteiger partial charge is 0.277 e. The number of imidazole rings is 1. The standard InChI is InChI=1S/C19H15FN4O2/c20-15-9-5-4-8-14(15)17-22-18-16(19(25)23-17)24(12-21-18)10-11-26-13-6-2-1-3-7-13/h1-9,12H,10-11H2,(H,22,23,25). The van der Waals surface area contributed by atoms with Gasteiger partial charge >= 0.3 is 0 Å². The third-order valence-corrected chi connectivity index (χ3v) is 3.96. The van der Waals surface area contributed by atoms with Gasteiger partial charge in [-0.3, -0.25) is 4.79 Å². The summed E-state index contributed by atoms with van der Waals surface area (Å²) >= 11 is 0. The molecule has 4 aromatic rings. The minimum Gasteiger partial charge on any atom is -0.492 e. The van der Waals surface area contributed by atoms with Crippen molar-refractivity contribution in [3.05, 3.63) is 77.1 Å². The molecule has 0 atom stereocenters. The van der Waals surface area contributed by atoms with Gasteiger partial charge in [-0.1, -0.05) is 30.3 Å². The first-order valence-electron chi connectivity index (χ1n) is 8.10. The maximum atomic E-state index is 13.9. The lowest BCUT2D eigenvalue weighted by atomic mass is 10.2. The molecule has 2 aromatic carbocycles. The van der Waals surface area contributed by atoms with Crippen molar-refractivity contribution in [2.45, 2.75) is 6.54 Å². The second kappa shape index (κ2) is 6.79. The molecule has 2 aromatic heterocycles. The summed E-state index contributed by atoms with van der Waals surface area (Å²) in [5.74, 6) is 0.461. The van der Waals surface area contributed by atoms with Crippen molar-refractivity contribution in [1.82, 2.24) is 19.5 Å². The van der Waals surface area contributed by atoms with Crippen molar-refractivity contribution in [2.24, 2.45) is 0 Å². The number of fused-ring (bicyclic) bond motifs is 1. The summed E-state index contributed by atoms with van der Waals surface area (Å²) in [6, 6.07) is 15.6. The van der Waals surface area contributed by atoms with E-state index in [9.17, 15) is 9.18 Å². The molecular weight excluding hydrogens is 335 g/mol. The Morgan fingerprint density at radius 1 is 1.08 bits per heavy atom. The van der Waals surface area contributed by atoms with E-state index in [1.807, 2.05) is 30.3 Å². The highest BCUT2D eigenvalue weighted by atomic mass is 19.1. The average molecular weight is 350 g/mol. The lowest BCUT2D eigenvalue weighted by molar-refractivity contribution is 0.300. The molecule has 6 nitrogen and oxygen atoms in total. The largest absolute Gasteiger partial charge is 0.492 e. The normalized spacial score (nSPS) is 11.0. The molecule has 0 aliphatic carbocycles. The van der Waals surface area contributed by atoms with Crippen molar-refractivity contribution < 1.29 is 9.13 Å². The predicted molar refractivity (Wildman–Crippen MR) is 95.5 cm³/mol. The van der Waals surface area contributed by atoms with E-state index in [0.717, 1.165) is 5.75 Å². The fourth-order valence-corrected chi connectivity index (χ4v) is 2.72. The van der Waals surface area contributed by atoms with Crippen LogP contribution < -0.4 is 10.3 Å². The summed E-state index contributed by atoms with van der Waals surface area (Å²) in [6.45, 7) is 0.819. The van der Waals surface area contributed by atoms with Gasteiger partial charge in [-0.25, -0.2) is 14.4 Å². The van der Waals surface area contributed by atoms with Gasteiger partial charge in [-0.15, -0.1) is 0 Å². The molecule has 0 saturated carbocycles. The second-order valence-corrected chi connectivity index (χ2v) is 5.67. The minimum absolute atomic E-state index is 0.159. The van der Waals surface area contributed by atoms with E-state index < -0.39 is 5.82 Å². The van der Waals surface area contributed by atoms with Crippen LogP contribution in [0.4, 0.5) is 4.39 Å². The summed E-state index contributed by atoms with van der Waals surface area (Å²) in [4.78, 5) is 23.6. The van der Waals surface area contributed by atoms with Crippen molar-refractivity contribution in [2.75, 3.05) is 6.61 Å². The van der Waals surface area contributed by atoms with Crippen LogP contribution in [0.2, 0.25) is 0 Å². The quantitative estimate of drug-likeness (QED) is 0.600. The molecule has 26 heavy (non-hydrogen) atoms. The number of halogens is 1. The third-order valence-electron chi connectivity index (χ3n) is 3.96. The van der Waals surface area contributed by atoms with E-state index in [0.29, 0.717) is 18.7 Å². The Bertz CT molecular complexity index is 1110. The molecule has 0 saturated heterocycles. The van der Waals surface area contributed by atoms with Crippen LogP contribution in [-0.2, 0) is 6.54 Å². The van der Waals surface area contributed by atoms with Gasteiger partial charge in [0.05, 0.1) is 18.4 Å². The van der Waals surface area contributed by atoms with E-state index in [4.69, 9.17) is 4.74 Å². The topological polar surface area (TPSA) is 72.8 Å². The Morgan fingerprint density at radius 3 is 2.65 bits per heavy atom. The zero-order chi connectivity index (χ0) is 17.9. The van der Waals surface area contributed by atoms with Gasteiger partial charge in [0.1, 0.15) is 24.0 Å². The summed E-state index contributed by atoms with van der Waals surface area (Å²) in [7, 11) is 0. The van der Waals surface area contributed by atoms with E-state index in [2.05, 4.69) is 15.0 Å². The summed E-state index contributed by atoms with van der Waals surface area (Å²) < 4.78 is 21.3. The van der Waals surface area contributed by atoms with Crippen molar-refractivity contribution >= 4 is 11.2 Å². The number of para-hydroxylation sites is 1. The van der Waals surface area contributed by atoms with Gasteiger partial charge in [-0.2, -0.15) is 0 Å². The van der Waals surface area contributed by atoms with Crippen molar-refractivity contribution in [3.63, 3.8) is 0 Å². The van der Waals surface area contributed by atoms with Gasteiger partial charge in [0.25, 0.3) is 5.56 Å². The molecule has 7 heteroatoms. The number of aromatic amines is 1. The fraction of sp³-hybridized carbons (Fsp3) is 0.105. The van der Waals surface area contributed by atoms with Crippen LogP contribution in [0.5, 0.6) is 5.75 Å². The number of rotatable bonds is 5. The number of hydrogen-bond donors (Lipinski definition) is 1. The van der Waals surface area contributed by atoms with Crippen LogP contribution in [0.15, 0.2) is 65.7 Å². The molecule has 0 aliphatic rings. The first kappa shape index (κ1) is 16.0. The van der Waals surface area contributed by atoms with Gasteiger partial charge < -0.3 is 14.3 Å². The predicted octanol–water partition coefficient (Wildman–Crippen LogP) is 3.00. The van der Waals surface area contributed by atoms with Crippen LogP contribution >= 0.6 is 0 Å². The Hall–Kier alpha value is -3.48. The summed E-state index contributed by atoms with van der Waals surface area (Å²) in [5, 5.41) is 0. The van der Waals surface area contributed by atoms with Crippen molar-refractivity contribution in [1.29, 1.82) is 0 Å². The zero-order valence-electron chi connectivity index (χ0n) is 13.7.